The minimum Gasteiger partial charge on any atom is -0.481 e. The van der Waals surface area contributed by atoms with Crippen molar-refractivity contribution < 1.29 is 28.5 Å². The summed E-state index contributed by atoms with van der Waals surface area (Å²) in [5, 5.41) is 26.4. The van der Waals surface area contributed by atoms with E-state index in [2.05, 4.69) is 4.72 Å². The lowest BCUT2D eigenvalue weighted by atomic mass is 9.99. The van der Waals surface area contributed by atoms with Crippen molar-refractivity contribution >= 4 is 16.2 Å². The number of aliphatic hydroxyl groups is 2. The smallest absolute Gasteiger partial charge is 0.306 e. The van der Waals surface area contributed by atoms with Crippen molar-refractivity contribution in [1.29, 1.82) is 0 Å². The fourth-order valence-electron chi connectivity index (χ4n) is 1.76. The van der Waals surface area contributed by atoms with Gasteiger partial charge in [-0.3, -0.25) is 4.79 Å². The Labute approximate surface area is 105 Å². The summed E-state index contributed by atoms with van der Waals surface area (Å²) < 4.78 is 27.0. The van der Waals surface area contributed by atoms with Crippen molar-refractivity contribution in [2.75, 3.05) is 26.3 Å². The predicted molar refractivity (Wildman–Crippen MR) is 61.9 cm³/mol. The van der Waals surface area contributed by atoms with Crippen molar-refractivity contribution in [3.8, 4) is 0 Å². The Morgan fingerprint density at radius 1 is 1.28 bits per heavy atom. The first-order chi connectivity index (χ1) is 8.40. The number of carboxylic acids is 1. The summed E-state index contributed by atoms with van der Waals surface area (Å²) in [6.45, 7) is -0.756. The van der Waals surface area contributed by atoms with Gasteiger partial charge in [0.2, 0.25) is 0 Å². The molecule has 0 saturated carbocycles. The predicted octanol–water partition coefficient (Wildman–Crippen LogP) is -2.03. The van der Waals surface area contributed by atoms with E-state index in [-0.39, 0.29) is 25.9 Å². The molecule has 1 aliphatic rings. The lowest BCUT2D eigenvalue weighted by Crippen LogP contribution is -2.50. The van der Waals surface area contributed by atoms with Crippen molar-refractivity contribution in [3.05, 3.63) is 0 Å². The second-order valence-corrected chi connectivity index (χ2v) is 5.90. The quantitative estimate of drug-likeness (QED) is 0.445. The Hall–Kier alpha value is -0.740. The molecule has 0 bridgehead atoms. The highest BCUT2D eigenvalue weighted by Crippen LogP contribution is 2.19. The molecule has 1 rings (SSSR count). The molecule has 8 nitrogen and oxygen atoms in total. The van der Waals surface area contributed by atoms with Crippen LogP contribution in [-0.4, -0.2) is 66.4 Å². The number of nitrogens with one attached hydrogen (secondary N) is 1. The highest BCUT2D eigenvalue weighted by atomic mass is 32.2. The Balaban J connectivity index is 2.58. The van der Waals surface area contributed by atoms with E-state index in [1.165, 1.54) is 0 Å². The number of nitrogens with zero attached hydrogens (tertiary/aromatic N) is 1. The van der Waals surface area contributed by atoms with Crippen molar-refractivity contribution in [2.24, 2.45) is 5.92 Å². The van der Waals surface area contributed by atoms with E-state index in [0.717, 1.165) is 4.31 Å². The monoisotopic (exact) mass is 282 g/mol. The van der Waals surface area contributed by atoms with Crippen LogP contribution in [0.5, 0.6) is 0 Å². The fourth-order valence-corrected chi connectivity index (χ4v) is 3.17. The molecule has 4 N–H and O–H groups in total. The summed E-state index contributed by atoms with van der Waals surface area (Å²) in [6.07, 6.45) is 0.526. The maximum absolute atomic E-state index is 11.8. The van der Waals surface area contributed by atoms with Gasteiger partial charge in [-0.2, -0.15) is 17.4 Å². The molecule has 1 fully saturated rings. The van der Waals surface area contributed by atoms with Gasteiger partial charge in [0.1, 0.15) is 0 Å². The normalized spacial score (nSPS) is 19.3. The molecule has 106 valence electrons. The molecule has 0 aliphatic carbocycles. The molecule has 9 heteroatoms. The molecule has 0 unspecified atom stereocenters. The second kappa shape index (κ2) is 6.43. The summed E-state index contributed by atoms with van der Waals surface area (Å²) in [4.78, 5) is 10.7. The van der Waals surface area contributed by atoms with Gasteiger partial charge in [-0.05, 0) is 12.8 Å². The third-order valence-corrected chi connectivity index (χ3v) is 4.58. The molecular weight excluding hydrogens is 264 g/mol. The molecule has 18 heavy (non-hydrogen) atoms. The Morgan fingerprint density at radius 3 is 2.17 bits per heavy atom. The number of piperidine rings is 1. The minimum absolute atomic E-state index is 0.121. The van der Waals surface area contributed by atoms with Crippen LogP contribution in [0.15, 0.2) is 0 Å². The molecule has 0 atom stereocenters. The van der Waals surface area contributed by atoms with E-state index in [4.69, 9.17) is 15.3 Å². The molecule has 0 aromatic carbocycles. The first kappa shape index (κ1) is 15.3. The van der Waals surface area contributed by atoms with Crippen molar-refractivity contribution in [2.45, 2.75) is 18.9 Å². The minimum atomic E-state index is -3.79. The van der Waals surface area contributed by atoms with Gasteiger partial charge >= 0.3 is 5.97 Å². The Morgan fingerprint density at radius 2 is 1.78 bits per heavy atom. The number of aliphatic carboxylic acids is 1. The standard InChI is InChI=1S/C9H18N2O6S/c12-5-8(6-13)10-18(16,17)11-3-1-7(2-4-11)9(14)15/h7-8,10,12-13H,1-6H2,(H,14,15). The maximum atomic E-state index is 11.8. The number of carbonyl (C=O) groups is 1. The highest BCUT2D eigenvalue weighted by Gasteiger charge is 2.31. The van der Waals surface area contributed by atoms with Crippen LogP contribution in [0.3, 0.4) is 0 Å². The van der Waals surface area contributed by atoms with E-state index < -0.39 is 41.4 Å². The molecule has 0 radical (unpaired) electrons. The van der Waals surface area contributed by atoms with Crippen LogP contribution in [0.4, 0.5) is 0 Å². The summed E-state index contributed by atoms with van der Waals surface area (Å²) in [6, 6.07) is -0.938. The number of hydrogen-bond acceptors (Lipinski definition) is 5. The number of aliphatic hydroxyl groups excluding tert-OH is 2. The SMILES string of the molecule is O=C(O)C1CCN(S(=O)(=O)NC(CO)CO)CC1. The summed E-state index contributed by atoms with van der Waals surface area (Å²) >= 11 is 0. The van der Waals surface area contributed by atoms with Crippen LogP contribution < -0.4 is 4.72 Å². The summed E-state index contributed by atoms with van der Waals surface area (Å²) in [5.74, 6) is -1.42. The average molecular weight is 282 g/mol. The zero-order valence-electron chi connectivity index (χ0n) is 9.82. The molecule has 1 heterocycles. The molecule has 0 amide bonds. The average Bonchev–Trinajstić information content (AvgIpc) is 2.36. The Bertz CT molecular complexity index is 373. The van der Waals surface area contributed by atoms with E-state index in [9.17, 15) is 13.2 Å². The molecular formula is C9H18N2O6S. The van der Waals surface area contributed by atoms with Crippen molar-refractivity contribution in [3.63, 3.8) is 0 Å². The highest BCUT2D eigenvalue weighted by molar-refractivity contribution is 7.87. The number of carboxylic acid groups (broad SMARTS) is 1. The van der Waals surface area contributed by atoms with Gasteiger partial charge in [0.15, 0.2) is 0 Å². The maximum Gasteiger partial charge on any atom is 0.306 e. The van der Waals surface area contributed by atoms with E-state index >= 15 is 0 Å². The van der Waals surface area contributed by atoms with Gasteiger partial charge in [-0.25, -0.2) is 0 Å². The van der Waals surface area contributed by atoms with Crippen LogP contribution in [0, 0.1) is 5.92 Å². The van der Waals surface area contributed by atoms with Gasteiger partial charge in [0.05, 0.1) is 25.2 Å². The first-order valence-corrected chi connectivity index (χ1v) is 7.06. The topological polar surface area (TPSA) is 127 Å². The van der Waals surface area contributed by atoms with E-state index in [0.29, 0.717) is 0 Å². The zero-order valence-corrected chi connectivity index (χ0v) is 10.6. The zero-order chi connectivity index (χ0) is 13.8. The van der Waals surface area contributed by atoms with Crippen LogP contribution in [0.1, 0.15) is 12.8 Å². The third kappa shape index (κ3) is 3.89. The largest absolute Gasteiger partial charge is 0.481 e. The molecule has 0 aromatic rings. The van der Waals surface area contributed by atoms with Gasteiger partial charge < -0.3 is 15.3 Å². The number of rotatable bonds is 6. The van der Waals surface area contributed by atoms with Gasteiger partial charge in [0, 0.05) is 13.1 Å². The van der Waals surface area contributed by atoms with Crippen LogP contribution in [0.25, 0.3) is 0 Å². The van der Waals surface area contributed by atoms with Crippen molar-refractivity contribution in [1.82, 2.24) is 9.03 Å². The first-order valence-electron chi connectivity index (χ1n) is 5.62. The third-order valence-electron chi connectivity index (χ3n) is 2.90. The summed E-state index contributed by atoms with van der Waals surface area (Å²) in [5.41, 5.74) is 0. The molecule has 1 aliphatic heterocycles. The molecule has 0 aromatic heterocycles. The van der Waals surface area contributed by atoms with Crippen LogP contribution in [-0.2, 0) is 15.0 Å². The van der Waals surface area contributed by atoms with E-state index in [1.54, 1.807) is 0 Å². The number of hydrogen-bond donors (Lipinski definition) is 4. The molecule has 0 spiro atoms. The lowest BCUT2D eigenvalue weighted by Gasteiger charge is -2.30. The van der Waals surface area contributed by atoms with Crippen LogP contribution in [0.2, 0.25) is 0 Å². The van der Waals surface area contributed by atoms with Crippen LogP contribution >= 0.6 is 0 Å². The van der Waals surface area contributed by atoms with Gasteiger partial charge in [-0.15, -0.1) is 0 Å². The van der Waals surface area contributed by atoms with E-state index in [1.807, 2.05) is 0 Å². The second-order valence-electron chi connectivity index (χ2n) is 4.20. The summed E-state index contributed by atoms with van der Waals surface area (Å²) in [7, 11) is -3.79. The van der Waals surface area contributed by atoms with Gasteiger partial charge in [0.25, 0.3) is 10.2 Å². The Kier molecular flexibility index (Phi) is 5.47. The molecule has 1 saturated heterocycles. The van der Waals surface area contributed by atoms with Gasteiger partial charge in [-0.1, -0.05) is 0 Å². The fraction of sp³-hybridized carbons (Fsp3) is 0.889. The lowest BCUT2D eigenvalue weighted by molar-refractivity contribution is -0.142.